The molecule has 1 aliphatic heterocycles. The highest BCUT2D eigenvalue weighted by Gasteiger charge is 2.33. The van der Waals surface area contributed by atoms with E-state index in [4.69, 9.17) is 0 Å². The van der Waals surface area contributed by atoms with Gasteiger partial charge in [-0.3, -0.25) is 10.1 Å². The highest BCUT2D eigenvalue weighted by atomic mass is 32.2. The van der Waals surface area contributed by atoms with Crippen LogP contribution in [0.25, 0.3) is 0 Å². The van der Waals surface area contributed by atoms with Gasteiger partial charge < -0.3 is 5.32 Å². The van der Waals surface area contributed by atoms with Crippen LogP contribution in [0.4, 0.5) is 0 Å². The molecule has 2 N–H and O–H groups in total. The van der Waals surface area contributed by atoms with Crippen LogP contribution in [0, 0.1) is 6.92 Å². The number of hydrogen-bond acceptors (Lipinski definition) is 4. The summed E-state index contributed by atoms with van der Waals surface area (Å²) in [4.78, 5) is 13.2. The van der Waals surface area contributed by atoms with E-state index in [9.17, 15) is 13.2 Å². The van der Waals surface area contributed by atoms with Gasteiger partial charge in [-0.05, 0) is 50.3 Å². The van der Waals surface area contributed by atoms with Crippen LogP contribution >= 0.6 is 0 Å². The van der Waals surface area contributed by atoms with Gasteiger partial charge in [-0.25, -0.2) is 8.42 Å². The third kappa shape index (κ3) is 4.91. The lowest BCUT2D eigenvalue weighted by Crippen LogP contribution is -2.48. The lowest BCUT2D eigenvalue weighted by atomic mass is 10.0. The third-order valence-electron chi connectivity index (χ3n) is 5.83. The van der Waals surface area contributed by atoms with Crippen molar-refractivity contribution in [1.29, 1.82) is 0 Å². The average molecular weight is 428 g/mol. The van der Waals surface area contributed by atoms with Crippen LogP contribution in [0.5, 0.6) is 0 Å². The lowest BCUT2D eigenvalue weighted by molar-refractivity contribution is -0.123. The zero-order valence-corrected chi connectivity index (χ0v) is 18.1. The van der Waals surface area contributed by atoms with Gasteiger partial charge in [0.05, 0.1) is 4.90 Å². The largest absolute Gasteiger partial charge is 0.352 e. The van der Waals surface area contributed by atoms with Gasteiger partial charge in [0.2, 0.25) is 15.9 Å². The van der Waals surface area contributed by atoms with Crippen molar-refractivity contribution in [2.45, 2.75) is 55.6 Å². The van der Waals surface area contributed by atoms with E-state index in [1.165, 1.54) is 0 Å². The number of carbonyl (C=O) groups is 1. The Balaban J connectivity index is 1.40. The predicted molar refractivity (Wildman–Crippen MR) is 116 cm³/mol. The lowest BCUT2D eigenvalue weighted by Gasteiger charge is -2.33. The second-order valence-electron chi connectivity index (χ2n) is 8.28. The zero-order chi connectivity index (χ0) is 21.1. The van der Waals surface area contributed by atoms with Crippen molar-refractivity contribution in [3.8, 4) is 0 Å². The number of nitrogens with zero attached hydrogens (tertiary/aromatic N) is 1. The minimum Gasteiger partial charge on any atom is -0.352 e. The van der Waals surface area contributed by atoms with Gasteiger partial charge in [0.1, 0.15) is 6.04 Å². The number of aryl methyl sites for hydroxylation is 1. The van der Waals surface area contributed by atoms with Crippen molar-refractivity contribution in [1.82, 2.24) is 14.9 Å². The monoisotopic (exact) mass is 427 g/mol. The molecule has 0 unspecified atom stereocenters. The van der Waals surface area contributed by atoms with Crippen LogP contribution in [0.1, 0.15) is 42.9 Å². The van der Waals surface area contributed by atoms with Gasteiger partial charge in [-0.15, -0.1) is 0 Å². The molecule has 0 aromatic heterocycles. The van der Waals surface area contributed by atoms with Gasteiger partial charge in [0.15, 0.2) is 0 Å². The maximum atomic E-state index is 12.9. The molecule has 1 saturated heterocycles. The molecule has 4 rings (SSSR count). The van der Waals surface area contributed by atoms with Crippen LogP contribution < -0.4 is 10.6 Å². The first-order chi connectivity index (χ1) is 14.4. The fourth-order valence-electron chi connectivity index (χ4n) is 3.84. The number of nitrogens with one attached hydrogen (secondary N) is 2. The number of benzene rings is 2. The molecular formula is C23H29N3O3S. The molecule has 2 aromatic rings. The molecule has 160 valence electrons. The molecule has 2 fully saturated rings. The fourth-order valence-corrected chi connectivity index (χ4v) is 5.31. The molecule has 1 aliphatic carbocycles. The summed E-state index contributed by atoms with van der Waals surface area (Å²) in [6, 6.07) is 16.7. The van der Waals surface area contributed by atoms with Crippen LogP contribution in [0.3, 0.4) is 0 Å². The summed E-state index contributed by atoms with van der Waals surface area (Å²) in [6.07, 6.45) is 3.43. The number of piperidine rings is 1. The maximum absolute atomic E-state index is 12.9. The van der Waals surface area contributed by atoms with Crippen molar-refractivity contribution in [3.05, 3.63) is 65.7 Å². The summed E-state index contributed by atoms with van der Waals surface area (Å²) < 4.78 is 27.4. The minimum absolute atomic E-state index is 0.00148. The van der Waals surface area contributed by atoms with Gasteiger partial charge in [0, 0.05) is 25.2 Å². The summed E-state index contributed by atoms with van der Waals surface area (Å²) in [7, 11) is -3.48. The summed E-state index contributed by atoms with van der Waals surface area (Å²) in [5, 5.41) is 6.58. The smallest absolute Gasteiger partial charge is 0.243 e. The molecule has 2 aromatic carbocycles. The van der Waals surface area contributed by atoms with Crippen LogP contribution in [0.15, 0.2) is 59.5 Å². The number of amides is 1. The standard InChI is InChI=1S/C23H29N3O3S/c1-17-7-11-21(12-8-17)30(28,29)26-15-13-20(14-16-26)24-22(18-5-3-2-4-6-18)23(27)25-19-9-10-19/h2-8,11-12,19-20,22,24H,9-10,13-16H2,1H3,(H,25,27)/t22-/m0/s1. The van der Waals surface area contributed by atoms with E-state index in [2.05, 4.69) is 10.6 Å². The second kappa shape index (κ2) is 8.88. The Kier molecular flexibility index (Phi) is 6.22. The first kappa shape index (κ1) is 21.0. The molecule has 1 saturated carbocycles. The quantitative estimate of drug-likeness (QED) is 0.712. The maximum Gasteiger partial charge on any atom is 0.243 e. The summed E-state index contributed by atoms with van der Waals surface area (Å²) in [6.45, 7) is 2.83. The van der Waals surface area contributed by atoms with Crippen molar-refractivity contribution in [2.24, 2.45) is 0 Å². The van der Waals surface area contributed by atoms with E-state index < -0.39 is 16.1 Å². The summed E-state index contributed by atoms with van der Waals surface area (Å²) in [5.74, 6) is -0.00148. The Morgan fingerprint density at radius 2 is 1.57 bits per heavy atom. The average Bonchev–Trinajstić information content (AvgIpc) is 3.57. The molecule has 0 bridgehead atoms. The first-order valence-corrected chi connectivity index (χ1v) is 12.1. The van der Waals surface area contributed by atoms with Crippen molar-refractivity contribution < 1.29 is 13.2 Å². The van der Waals surface area contributed by atoms with Crippen molar-refractivity contribution in [2.75, 3.05) is 13.1 Å². The topological polar surface area (TPSA) is 78.5 Å². The second-order valence-corrected chi connectivity index (χ2v) is 10.2. The Bertz CT molecular complexity index is 965. The number of rotatable bonds is 7. The molecule has 0 spiro atoms. The number of sulfonamides is 1. The minimum atomic E-state index is -3.48. The van der Waals surface area contributed by atoms with E-state index in [0.717, 1.165) is 24.0 Å². The molecule has 2 aliphatic rings. The normalized spacial score (nSPS) is 19.4. The Morgan fingerprint density at radius 3 is 2.17 bits per heavy atom. The van der Waals surface area contributed by atoms with Crippen LogP contribution in [-0.2, 0) is 14.8 Å². The van der Waals surface area contributed by atoms with Gasteiger partial charge in [0.25, 0.3) is 0 Å². The van der Waals surface area contributed by atoms with Gasteiger partial charge in [-0.2, -0.15) is 4.31 Å². The van der Waals surface area contributed by atoms with Crippen LogP contribution in [0.2, 0.25) is 0 Å². The molecule has 7 heteroatoms. The van der Waals surface area contributed by atoms with E-state index in [0.29, 0.717) is 36.9 Å². The van der Waals surface area contributed by atoms with Gasteiger partial charge >= 0.3 is 0 Å². The highest BCUT2D eigenvalue weighted by Crippen LogP contribution is 2.25. The number of carbonyl (C=O) groups excluding carboxylic acids is 1. The molecular weight excluding hydrogens is 398 g/mol. The Labute approximate surface area is 178 Å². The zero-order valence-electron chi connectivity index (χ0n) is 17.3. The van der Waals surface area contributed by atoms with E-state index in [1.54, 1.807) is 16.4 Å². The summed E-state index contributed by atoms with van der Waals surface area (Å²) in [5.41, 5.74) is 1.97. The number of hydrogen-bond donors (Lipinski definition) is 2. The van der Waals surface area contributed by atoms with E-state index >= 15 is 0 Å². The molecule has 30 heavy (non-hydrogen) atoms. The highest BCUT2D eigenvalue weighted by molar-refractivity contribution is 7.89. The first-order valence-electron chi connectivity index (χ1n) is 10.6. The Morgan fingerprint density at radius 1 is 0.933 bits per heavy atom. The van der Waals surface area contributed by atoms with Crippen molar-refractivity contribution >= 4 is 15.9 Å². The fraction of sp³-hybridized carbons (Fsp3) is 0.435. The van der Waals surface area contributed by atoms with Crippen LogP contribution in [-0.4, -0.2) is 43.8 Å². The Hall–Kier alpha value is -2.22. The van der Waals surface area contributed by atoms with Gasteiger partial charge in [-0.1, -0.05) is 48.0 Å². The van der Waals surface area contributed by atoms with E-state index in [-0.39, 0.29) is 11.9 Å². The predicted octanol–water partition coefficient (Wildman–Crippen LogP) is 2.76. The molecule has 0 radical (unpaired) electrons. The molecule has 1 heterocycles. The molecule has 6 nitrogen and oxygen atoms in total. The third-order valence-corrected chi connectivity index (χ3v) is 7.75. The molecule has 1 amide bonds. The summed E-state index contributed by atoms with van der Waals surface area (Å²) >= 11 is 0. The molecule has 1 atom stereocenters. The van der Waals surface area contributed by atoms with Crippen molar-refractivity contribution in [3.63, 3.8) is 0 Å². The van der Waals surface area contributed by atoms with E-state index in [1.807, 2.05) is 49.4 Å². The SMILES string of the molecule is Cc1ccc(S(=O)(=O)N2CCC(N[C@H](C(=O)NC3CC3)c3ccccc3)CC2)cc1.